The second kappa shape index (κ2) is 8.60. The van der Waals surface area contributed by atoms with E-state index in [1.165, 1.54) is 16.9 Å². The van der Waals surface area contributed by atoms with Gasteiger partial charge in [0.1, 0.15) is 12.3 Å². The number of rotatable bonds is 7. The first-order valence-corrected chi connectivity index (χ1v) is 9.27. The van der Waals surface area contributed by atoms with Crippen molar-refractivity contribution in [3.05, 3.63) is 65.5 Å². The summed E-state index contributed by atoms with van der Waals surface area (Å²) in [5.41, 5.74) is 3.06. The van der Waals surface area contributed by atoms with Crippen LogP contribution in [0.15, 0.2) is 60.0 Å². The minimum absolute atomic E-state index is 0.0333. The zero-order valence-corrected chi connectivity index (χ0v) is 15.7. The van der Waals surface area contributed by atoms with Crippen LogP contribution in [0.4, 0.5) is 5.13 Å². The Balaban J connectivity index is 1.55. The molecule has 0 aliphatic rings. The van der Waals surface area contributed by atoms with E-state index in [4.69, 9.17) is 4.74 Å². The Morgan fingerprint density at radius 3 is 2.58 bits per heavy atom. The van der Waals surface area contributed by atoms with Crippen molar-refractivity contribution in [1.82, 2.24) is 4.98 Å². The van der Waals surface area contributed by atoms with Crippen molar-refractivity contribution in [3.8, 4) is 17.0 Å². The van der Waals surface area contributed by atoms with Crippen molar-refractivity contribution < 1.29 is 14.4 Å². The number of nitrogens with one attached hydrogen (secondary N) is 2. The molecule has 3 aromatic rings. The van der Waals surface area contributed by atoms with E-state index in [-0.39, 0.29) is 5.91 Å². The number of carbonyl (C=O) groups excluding carboxylic acids is 1. The fraction of sp³-hybridized carbons (Fsp3) is 0.200. The van der Waals surface area contributed by atoms with E-state index in [1.54, 1.807) is 7.11 Å². The fourth-order valence-electron chi connectivity index (χ4n) is 2.67. The molecule has 6 heteroatoms. The topological polar surface area (TPSA) is 55.7 Å². The van der Waals surface area contributed by atoms with E-state index < -0.39 is 0 Å². The van der Waals surface area contributed by atoms with Gasteiger partial charge in [-0.3, -0.25) is 10.1 Å². The Morgan fingerprint density at radius 1 is 1.15 bits per heavy atom. The molecule has 0 aliphatic heterocycles. The summed E-state index contributed by atoms with van der Waals surface area (Å²) in [7, 11) is 3.65. The zero-order valence-electron chi connectivity index (χ0n) is 14.9. The van der Waals surface area contributed by atoms with E-state index >= 15 is 0 Å². The maximum Gasteiger partial charge on any atom is 0.281 e. The van der Waals surface area contributed by atoms with E-state index in [0.29, 0.717) is 11.7 Å². The molecule has 3 rings (SSSR count). The number of methoxy groups -OCH3 is 1. The predicted octanol–water partition coefficient (Wildman–Crippen LogP) is 2.47. The molecule has 0 fully saturated rings. The first-order valence-electron chi connectivity index (χ1n) is 8.39. The van der Waals surface area contributed by atoms with Crippen LogP contribution >= 0.6 is 11.3 Å². The number of quaternary nitrogens is 1. The summed E-state index contributed by atoms with van der Waals surface area (Å²) in [4.78, 5) is 17.9. The Hall–Kier alpha value is -2.70. The fourth-order valence-corrected chi connectivity index (χ4v) is 3.41. The van der Waals surface area contributed by atoms with Gasteiger partial charge in [-0.2, -0.15) is 0 Å². The highest BCUT2D eigenvalue weighted by atomic mass is 32.1. The van der Waals surface area contributed by atoms with E-state index in [1.807, 2.05) is 54.9 Å². The van der Waals surface area contributed by atoms with Crippen LogP contribution in [0.1, 0.15) is 5.56 Å². The molecule has 0 spiro atoms. The SMILES string of the molecule is COc1ccc(-c2csc(NC(=O)C[NH+](C)Cc3ccccc3)n2)cc1. The summed E-state index contributed by atoms with van der Waals surface area (Å²) < 4.78 is 5.17. The molecular weight excluding hydrogens is 346 g/mol. The van der Waals surface area contributed by atoms with Gasteiger partial charge in [0.2, 0.25) is 0 Å². The molecular formula is C20H22N3O2S+. The highest BCUT2D eigenvalue weighted by Crippen LogP contribution is 2.26. The summed E-state index contributed by atoms with van der Waals surface area (Å²) >= 11 is 1.43. The maximum atomic E-state index is 12.3. The van der Waals surface area contributed by atoms with Crippen LogP contribution in [-0.4, -0.2) is 31.6 Å². The highest BCUT2D eigenvalue weighted by molar-refractivity contribution is 7.14. The number of carbonyl (C=O) groups is 1. The molecule has 0 aliphatic carbocycles. The van der Waals surface area contributed by atoms with Crippen LogP contribution in [0.3, 0.4) is 0 Å². The van der Waals surface area contributed by atoms with Gasteiger partial charge in [-0.25, -0.2) is 4.98 Å². The maximum absolute atomic E-state index is 12.3. The summed E-state index contributed by atoms with van der Waals surface area (Å²) in [5.74, 6) is 0.774. The molecule has 1 amide bonds. The molecule has 0 saturated carbocycles. The quantitative estimate of drug-likeness (QED) is 0.674. The van der Waals surface area contributed by atoms with Crippen molar-refractivity contribution >= 4 is 22.4 Å². The van der Waals surface area contributed by atoms with Gasteiger partial charge in [-0.05, 0) is 24.3 Å². The lowest BCUT2D eigenvalue weighted by atomic mass is 10.2. The predicted molar refractivity (Wildman–Crippen MR) is 105 cm³/mol. The lowest BCUT2D eigenvalue weighted by Gasteiger charge is -2.13. The van der Waals surface area contributed by atoms with Crippen LogP contribution in [0.5, 0.6) is 5.75 Å². The number of thiazole rings is 1. The standard InChI is InChI=1S/C20H21N3O2S/c1-23(12-15-6-4-3-5-7-15)13-19(24)22-20-21-18(14-26-20)16-8-10-17(25-2)11-9-16/h3-11,14H,12-13H2,1-2H3,(H,21,22,24)/p+1. The third-order valence-corrected chi connectivity index (χ3v) is 4.71. The van der Waals surface area contributed by atoms with E-state index in [9.17, 15) is 4.79 Å². The van der Waals surface area contributed by atoms with Gasteiger partial charge in [0.05, 0.1) is 19.9 Å². The number of nitrogens with zero attached hydrogens (tertiary/aromatic N) is 1. The molecule has 1 aromatic heterocycles. The van der Waals surface area contributed by atoms with E-state index in [2.05, 4.69) is 22.4 Å². The number of hydrogen-bond acceptors (Lipinski definition) is 4. The van der Waals surface area contributed by atoms with Crippen LogP contribution < -0.4 is 15.0 Å². The third-order valence-electron chi connectivity index (χ3n) is 3.95. The first kappa shape index (κ1) is 18.1. The van der Waals surface area contributed by atoms with Gasteiger partial charge in [0.15, 0.2) is 11.7 Å². The molecule has 5 nitrogen and oxygen atoms in total. The minimum atomic E-state index is -0.0333. The van der Waals surface area contributed by atoms with Crippen LogP contribution in [0.2, 0.25) is 0 Å². The number of aromatic nitrogens is 1. The number of ether oxygens (including phenoxy) is 1. The van der Waals surface area contributed by atoms with Crippen molar-refractivity contribution in [2.24, 2.45) is 0 Å². The normalized spacial score (nSPS) is 11.8. The molecule has 0 bridgehead atoms. The summed E-state index contributed by atoms with van der Waals surface area (Å²) in [6.07, 6.45) is 0. The average molecular weight is 368 g/mol. The van der Waals surface area contributed by atoms with Gasteiger partial charge < -0.3 is 9.64 Å². The number of amides is 1. The molecule has 1 atom stereocenters. The average Bonchev–Trinajstić information content (AvgIpc) is 3.10. The Labute approximate surface area is 157 Å². The molecule has 1 heterocycles. The molecule has 26 heavy (non-hydrogen) atoms. The van der Waals surface area contributed by atoms with Gasteiger partial charge in [0, 0.05) is 16.5 Å². The van der Waals surface area contributed by atoms with Crippen molar-refractivity contribution in [1.29, 1.82) is 0 Å². The van der Waals surface area contributed by atoms with Crippen LogP contribution in [0, 0.1) is 0 Å². The lowest BCUT2D eigenvalue weighted by Crippen LogP contribution is -3.08. The van der Waals surface area contributed by atoms with Crippen molar-refractivity contribution in [2.45, 2.75) is 6.54 Å². The second-order valence-corrected chi connectivity index (χ2v) is 6.97. The molecule has 2 N–H and O–H groups in total. The second-order valence-electron chi connectivity index (χ2n) is 6.11. The van der Waals surface area contributed by atoms with Gasteiger partial charge >= 0.3 is 0 Å². The summed E-state index contributed by atoms with van der Waals surface area (Å²) in [6.45, 7) is 1.20. The van der Waals surface area contributed by atoms with Crippen molar-refractivity contribution in [3.63, 3.8) is 0 Å². The molecule has 0 radical (unpaired) electrons. The van der Waals surface area contributed by atoms with Crippen LogP contribution in [-0.2, 0) is 11.3 Å². The van der Waals surface area contributed by atoms with E-state index in [0.717, 1.165) is 28.5 Å². The molecule has 134 valence electrons. The summed E-state index contributed by atoms with van der Waals surface area (Å²) in [6, 6.07) is 17.9. The Bertz CT molecular complexity index is 847. The molecule has 1 unspecified atom stereocenters. The van der Waals surface area contributed by atoms with Crippen molar-refractivity contribution in [2.75, 3.05) is 26.0 Å². The lowest BCUT2D eigenvalue weighted by molar-refractivity contribution is -0.885. The summed E-state index contributed by atoms with van der Waals surface area (Å²) in [5, 5.41) is 5.46. The van der Waals surface area contributed by atoms with Gasteiger partial charge in [0.25, 0.3) is 5.91 Å². The molecule has 2 aromatic carbocycles. The van der Waals surface area contributed by atoms with Gasteiger partial charge in [-0.1, -0.05) is 30.3 Å². The highest BCUT2D eigenvalue weighted by Gasteiger charge is 2.13. The monoisotopic (exact) mass is 368 g/mol. The first-order chi connectivity index (χ1) is 12.6. The Morgan fingerprint density at radius 2 is 1.88 bits per heavy atom. The minimum Gasteiger partial charge on any atom is -0.497 e. The number of likely N-dealkylation sites (N-methyl/N-ethyl adjacent to an activating group) is 1. The van der Waals surface area contributed by atoms with Gasteiger partial charge in [-0.15, -0.1) is 11.3 Å². The molecule has 0 saturated heterocycles. The zero-order chi connectivity index (χ0) is 18.4. The largest absolute Gasteiger partial charge is 0.497 e. The number of hydrogen-bond donors (Lipinski definition) is 2. The van der Waals surface area contributed by atoms with Crippen LogP contribution in [0.25, 0.3) is 11.3 Å². The smallest absolute Gasteiger partial charge is 0.281 e. The Kier molecular flexibility index (Phi) is 5.99. The number of anilines is 1. The third kappa shape index (κ3) is 4.91. The number of benzene rings is 2.